The first-order chi connectivity index (χ1) is 10.7. The van der Waals surface area contributed by atoms with Gasteiger partial charge >= 0.3 is 5.97 Å². The first-order valence-electron chi connectivity index (χ1n) is 7.32. The Labute approximate surface area is 135 Å². The molecule has 23 heavy (non-hydrogen) atoms. The van der Waals surface area contributed by atoms with Crippen LogP contribution in [0.5, 0.6) is 0 Å². The molecule has 1 aliphatic rings. The molecule has 1 saturated heterocycles. The van der Waals surface area contributed by atoms with Gasteiger partial charge in [0.05, 0.1) is 10.3 Å². The molecule has 1 amide bonds. The van der Waals surface area contributed by atoms with Gasteiger partial charge in [0.15, 0.2) is 0 Å². The maximum Gasteiger partial charge on any atom is 0.310 e. The lowest BCUT2D eigenvalue weighted by molar-refractivity contribution is -0.146. The molecule has 1 unspecified atom stereocenters. The minimum absolute atomic E-state index is 0.0427. The van der Waals surface area contributed by atoms with E-state index in [-0.39, 0.29) is 30.3 Å². The first kappa shape index (κ1) is 17.4. The van der Waals surface area contributed by atoms with Gasteiger partial charge in [0.2, 0.25) is 15.9 Å². The van der Waals surface area contributed by atoms with Crippen LogP contribution < -0.4 is 5.32 Å². The minimum atomic E-state index is -3.74. The zero-order chi connectivity index (χ0) is 17.3. The second-order valence-corrected chi connectivity index (χ2v) is 7.82. The maximum atomic E-state index is 12.6. The fourth-order valence-electron chi connectivity index (χ4n) is 2.41. The quantitative estimate of drug-likeness (QED) is 0.846. The van der Waals surface area contributed by atoms with E-state index in [2.05, 4.69) is 5.32 Å². The standard InChI is InChI=1S/C15H20N2O5S/c1-3-13(18)16-11-4-6-12(7-5-11)23(21,22)17-9-8-15(2,10-17)14(19)20/h4-7H,3,8-10H2,1-2H3,(H,16,18)(H,19,20). The molecule has 7 nitrogen and oxygen atoms in total. The van der Waals surface area contributed by atoms with E-state index < -0.39 is 21.4 Å². The number of hydrogen-bond acceptors (Lipinski definition) is 4. The summed E-state index contributed by atoms with van der Waals surface area (Å²) in [6.07, 6.45) is 0.619. The third-order valence-corrected chi connectivity index (χ3v) is 5.91. The van der Waals surface area contributed by atoms with Crippen LogP contribution in [-0.2, 0) is 19.6 Å². The first-order valence-corrected chi connectivity index (χ1v) is 8.76. The van der Waals surface area contributed by atoms with Gasteiger partial charge in [-0.25, -0.2) is 8.42 Å². The monoisotopic (exact) mass is 340 g/mol. The van der Waals surface area contributed by atoms with Gasteiger partial charge in [-0.15, -0.1) is 0 Å². The van der Waals surface area contributed by atoms with Crippen molar-refractivity contribution in [1.82, 2.24) is 4.31 Å². The fourth-order valence-corrected chi connectivity index (χ4v) is 3.97. The summed E-state index contributed by atoms with van der Waals surface area (Å²) in [5.74, 6) is -1.15. The Morgan fingerprint density at radius 3 is 2.39 bits per heavy atom. The number of carboxylic acid groups (broad SMARTS) is 1. The van der Waals surface area contributed by atoms with Crippen molar-refractivity contribution in [2.75, 3.05) is 18.4 Å². The highest BCUT2D eigenvalue weighted by Crippen LogP contribution is 2.33. The number of nitrogens with zero attached hydrogens (tertiary/aromatic N) is 1. The van der Waals surface area contributed by atoms with E-state index in [9.17, 15) is 23.1 Å². The van der Waals surface area contributed by atoms with Crippen LogP contribution in [0.2, 0.25) is 0 Å². The van der Waals surface area contributed by atoms with E-state index in [1.54, 1.807) is 13.8 Å². The second-order valence-electron chi connectivity index (χ2n) is 5.88. The lowest BCUT2D eigenvalue weighted by atomic mass is 9.90. The van der Waals surface area contributed by atoms with E-state index in [4.69, 9.17) is 0 Å². The number of nitrogens with one attached hydrogen (secondary N) is 1. The number of carbonyl (C=O) groups is 2. The van der Waals surface area contributed by atoms with Crippen LogP contribution in [0.15, 0.2) is 29.2 Å². The van der Waals surface area contributed by atoms with Crippen molar-refractivity contribution < 1.29 is 23.1 Å². The van der Waals surface area contributed by atoms with Crippen molar-refractivity contribution in [3.05, 3.63) is 24.3 Å². The summed E-state index contributed by atoms with van der Waals surface area (Å²) >= 11 is 0. The highest BCUT2D eigenvalue weighted by atomic mass is 32.2. The molecule has 8 heteroatoms. The average Bonchev–Trinajstić information content (AvgIpc) is 2.92. The van der Waals surface area contributed by atoms with Crippen molar-refractivity contribution in [2.45, 2.75) is 31.6 Å². The van der Waals surface area contributed by atoms with E-state index in [1.165, 1.54) is 28.6 Å². The van der Waals surface area contributed by atoms with Crippen LogP contribution in [0.25, 0.3) is 0 Å². The molecule has 0 aromatic heterocycles. The Kier molecular flexibility index (Phi) is 4.76. The summed E-state index contributed by atoms with van der Waals surface area (Å²) in [4.78, 5) is 22.6. The zero-order valence-electron chi connectivity index (χ0n) is 13.1. The van der Waals surface area contributed by atoms with Crippen LogP contribution in [-0.4, -0.2) is 42.8 Å². The summed E-state index contributed by atoms with van der Waals surface area (Å²) in [5, 5.41) is 11.9. The number of amides is 1. The smallest absolute Gasteiger partial charge is 0.310 e. The highest BCUT2D eigenvalue weighted by Gasteiger charge is 2.44. The number of anilines is 1. The largest absolute Gasteiger partial charge is 0.481 e. The van der Waals surface area contributed by atoms with Gasteiger partial charge in [-0.05, 0) is 37.6 Å². The van der Waals surface area contributed by atoms with Crippen molar-refractivity contribution in [3.8, 4) is 0 Å². The van der Waals surface area contributed by atoms with Gasteiger partial charge in [-0.3, -0.25) is 9.59 Å². The Morgan fingerprint density at radius 2 is 1.91 bits per heavy atom. The molecule has 0 bridgehead atoms. The number of rotatable bonds is 5. The molecule has 1 atom stereocenters. The molecule has 1 heterocycles. The van der Waals surface area contributed by atoms with Gasteiger partial charge in [-0.2, -0.15) is 4.31 Å². The molecular weight excluding hydrogens is 320 g/mol. The molecule has 1 aliphatic heterocycles. The molecule has 0 radical (unpaired) electrons. The lowest BCUT2D eigenvalue weighted by Crippen LogP contribution is -2.34. The van der Waals surface area contributed by atoms with E-state index in [0.29, 0.717) is 12.1 Å². The van der Waals surface area contributed by atoms with Gasteiger partial charge in [0.1, 0.15) is 0 Å². The number of carbonyl (C=O) groups excluding carboxylic acids is 1. The summed E-state index contributed by atoms with van der Waals surface area (Å²) < 4.78 is 26.4. The van der Waals surface area contributed by atoms with Crippen LogP contribution in [0.3, 0.4) is 0 Å². The zero-order valence-corrected chi connectivity index (χ0v) is 13.9. The number of benzene rings is 1. The molecular formula is C15H20N2O5S. The van der Waals surface area contributed by atoms with Crippen LogP contribution in [0.4, 0.5) is 5.69 Å². The molecule has 0 aliphatic carbocycles. The normalized spacial score (nSPS) is 22.0. The van der Waals surface area contributed by atoms with Crippen LogP contribution in [0, 0.1) is 5.41 Å². The third kappa shape index (κ3) is 3.53. The third-order valence-electron chi connectivity index (χ3n) is 4.05. The van der Waals surface area contributed by atoms with Gasteiger partial charge < -0.3 is 10.4 Å². The molecule has 126 valence electrons. The van der Waals surface area contributed by atoms with Crippen molar-refractivity contribution in [1.29, 1.82) is 0 Å². The maximum absolute atomic E-state index is 12.6. The van der Waals surface area contributed by atoms with E-state index in [0.717, 1.165) is 0 Å². The minimum Gasteiger partial charge on any atom is -0.481 e. The van der Waals surface area contributed by atoms with Crippen molar-refractivity contribution in [2.24, 2.45) is 5.41 Å². The van der Waals surface area contributed by atoms with Gasteiger partial charge in [0.25, 0.3) is 0 Å². The average molecular weight is 340 g/mol. The molecule has 1 aromatic carbocycles. The summed E-state index contributed by atoms with van der Waals surface area (Å²) in [5.41, 5.74) is -0.533. The van der Waals surface area contributed by atoms with Crippen molar-refractivity contribution in [3.63, 3.8) is 0 Å². The Bertz CT molecular complexity index is 714. The Morgan fingerprint density at radius 1 is 1.30 bits per heavy atom. The second kappa shape index (κ2) is 6.29. The van der Waals surface area contributed by atoms with E-state index >= 15 is 0 Å². The lowest BCUT2D eigenvalue weighted by Gasteiger charge is -2.20. The molecule has 2 N–H and O–H groups in total. The van der Waals surface area contributed by atoms with E-state index in [1.807, 2.05) is 0 Å². The number of carboxylic acids is 1. The summed E-state index contributed by atoms with van der Waals surface area (Å²) in [7, 11) is -3.74. The molecule has 0 saturated carbocycles. The molecule has 1 aromatic rings. The fraction of sp³-hybridized carbons (Fsp3) is 0.467. The van der Waals surface area contributed by atoms with Crippen molar-refractivity contribution >= 4 is 27.6 Å². The topological polar surface area (TPSA) is 104 Å². The highest BCUT2D eigenvalue weighted by molar-refractivity contribution is 7.89. The molecule has 1 fully saturated rings. The number of hydrogen-bond donors (Lipinski definition) is 2. The Balaban J connectivity index is 2.18. The summed E-state index contributed by atoms with van der Waals surface area (Å²) in [6.45, 7) is 3.41. The predicted molar refractivity (Wildman–Crippen MR) is 84.5 cm³/mol. The number of sulfonamides is 1. The van der Waals surface area contributed by atoms with Gasteiger partial charge in [-0.1, -0.05) is 6.92 Å². The molecule has 2 rings (SSSR count). The SMILES string of the molecule is CCC(=O)Nc1ccc(S(=O)(=O)N2CCC(C)(C(=O)O)C2)cc1. The van der Waals surface area contributed by atoms with Crippen LogP contribution in [0.1, 0.15) is 26.7 Å². The van der Waals surface area contributed by atoms with Crippen LogP contribution >= 0.6 is 0 Å². The number of aliphatic carboxylic acids is 1. The summed E-state index contributed by atoms with van der Waals surface area (Å²) in [6, 6.07) is 5.87. The Hall–Kier alpha value is -1.93. The van der Waals surface area contributed by atoms with Gasteiger partial charge in [0, 0.05) is 25.2 Å². The molecule has 0 spiro atoms. The predicted octanol–water partition coefficient (Wildman–Crippen LogP) is 1.52.